The van der Waals surface area contributed by atoms with Crippen molar-refractivity contribution in [1.82, 2.24) is 14.5 Å². The number of carbonyl (C=O) groups is 1. The summed E-state index contributed by atoms with van der Waals surface area (Å²) in [5, 5.41) is 0. The number of nitrogen functional groups attached to an aromatic ring is 1. The van der Waals surface area contributed by atoms with Gasteiger partial charge in [0.25, 0.3) is 5.56 Å². The van der Waals surface area contributed by atoms with Gasteiger partial charge < -0.3 is 10.6 Å². The largest absolute Gasteiger partial charge is 0.383 e. The van der Waals surface area contributed by atoms with Gasteiger partial charge in [-0.05, 0) is 38.6 Å². The molecular weight excluding hydrogens is 358 g/mol. The Morgan fingerprint density at radius 3 is 2.50 bits per heavy atom. The predicted octanol–water partition coefficient (Wildman–Crippen LogP) is 1.78. The zero-order valence-corrected chi connectivity index (χ0v) is 17.5. The number of H-pyrrole nitrogens is 1. The van der Waals surface area contributed by atoms with Crippen LogP contribution < -0.4 is 21.9 Å². The lowest BCUT2D eigenvalue weighted by Gasteiger charge is -2.27. The van der Waals surface area contributed by atoms with E-state index in [0.717, 1.165) is 19.4 Å². The Labute approximate surface area is 166 Å². The van der Waals surface area contributed by atoms with Crippen LogP contribution in [-0.2, 0) is 11.3 Å². The van der Waals surface area contributed by atoms with Gasteiger partial charge in [0.05, 0.1) is 6.54 Å². The van der Waals surface area contributed by atoms with Crippen LogP contribution in [-0.4, -0.2) is 47.0 Å². The van der Waals surface area contributed by atoms with Crippen LogP contribution in [0.4, 0.5) is 11.5 Å². The molecule has 8 nitrogen and oxygen atoms in total. The Hall–Kier alpha value is -2.09. The van der Waals surface area contributed by atoms with Crippen LogP contribution in [0, 0.1) is 5.92 Å². The summed E-state index contributed by atoms with van der Waals surface area (Å²) in [6.07, 6.45) is 7.29. The number of aromatic nitrogens is 2. The summed E-state index contributed by atoms with van der Waals surface area (Å²) in [6.45, 7) is 5.87. The number of nitrogens with two attached hydrogens (primary N) is 1. The van der Waals surface area contributed by atoms with Crippen molar-refractivity contribution >= 4 is 17.4 Å². The van der Waals surface area contributed by atoms with Gasteiger partial charge in [-0.2, -0.15) is 0 Å². The first-order valence-corrected chi connectivity index (χ1v) is 10.5. The van der Waals surface area contributed by atoms with E-state index in [2.05, 4.69) is 4.98 Å². The molecule has 0 spiro atoms. The van der Waals surface area contributed by atoms with E-state index in [9.17, 15) is 14.4 Å². The third-order valence-electron chi connectivity index (χ3n) is 5.42. The highest BCUT2D eigenvalue weighted by Gasteiger charge is 2.25. The lowest BCUT2D eigenvalue weighted by atomic mass is 10.1. The number of likely N-dealkylation sites (N-methyl/N-ethyl adjacent to an activating group) is 1. The molecule has 0 radical (unpaired) electrons. The van der Waals surface area contributed by atoms with Crippen molar-refractivity contribution in [2.75, 3.05) is 37.3 Å². The first-order valence-electron chi connectivity index (χ1n) is 10.5. The Morgan fingerprint density at radius 1 is 1.21 bits per heavy atom. The topological polar surface area (TPSA) is 104 Å². The predicted molar refractivity (Wildman–Crippen MR) is 113 cm³/mol. The second-order valence-electron chi connectivity index (χ2n) is 7.89. The van der Waals surface area contributed by atoms with Gasteiger partial charge in [0.15, 0.2) is 5.69 Å². The molecule has 2 rings (SSSR count). The van der Waals surface area contributed by atoms with Gasteiger partial charge in [-0.1, -0.05) is 33.1 Å². The quantitative estimate of drug-likeness (QED) is 0.630. The monoisotopic (exact) mass is 393 g/mol. The van der Waals surface area contributed by atoms with Crippen LogP contribution >= 0.6 is 0 Å². The van der Waals surface area contributed by atoms with E-state index in [-0.39, 0.29) is 24.0 Å². The molecule has 0 bridgehead atoms. The number of hydrogen-bond donors (Lipinski definition) is 2. The van der Waals surface area contributed by atoms with Gasteiger partial charge in [0, 0.05) is 19.6 Å². The zero-order chi connectivity index (χ0) is 20.7. The molecule has 0 unspecified atom stereocenters. The third kappa shape index (κ3) is 5.47. The van der Waals surface area contributed by atoms with Crippen molar-refractivity contribution < 1.29 is 4.79 Å². The minimum absolute atomic E-state index is 0.0681. The van der Waals surface area contributed by atoms with Crippen molar-refractivity contribution in [2.45, 2.75) is 65.3 Å². The minimum Gasteiger partial charge on any atom is -0.383 e. The SMILES string of the molecule is CCCCN(C(=O)CN(C)CC1CCCC1)c1c(N)n(CCC)c(=O)[nH]c1=O. The van der Waals surface area contributed by atoms with Crippen LogP contribution in [0.15, 0.2) is 9.59 Å². The number of hydrogen-bond acceptors (Lipinski definition) is 5. The van der Waals surface area contributed by atoms with E-state index in [0.29, 0.717) is 25.4 Å². The highest BCUT2D eigenvalue weighted by Crippen LogP contribution is 2.25. The van der Waals surface area contributed by atoms with Crippen molar-refractivity contribution in [3.63, 3.8) is 0 Å². The molecule has 1 aromatic heterocycles. The molecule has 1 aliphatic rings. The molecule has 28 heavy (non-hydrogen) atoms. The molecule has 1 aromatic rings. The fourth-order valence-electron chi connectivity index (χ4n) is 3.98. The van der Waals surface area contributed by atoms with Gasteiger partial charge in [-0.3, -0.25) is 24.0 Å². The zero-order valence-electron chi connectivity index (χ0n) is 17.5. The molecule has 3 N–H and O–H groups in total. The molecule has 8 heteroatoms. The number of carbonyl (C=O) groups excluding carboxylic acids is 1. The van der Waals surface area contributed by atoms with E-state index >= 15 is 0 Å². The van der Waals surface area contributed by atoms with E-state index in [4.69, 9.17) is 5.73 Å². The van der Waals surface area contributed by atoms with Gasteiger partial charge in [-0.15, -0.1) is 0 Å². The Bertz CT molecular complexity index is 764. The van der Waals surface area contributed by atoms with Crippen LogP contribution in [0.5, 0.6) is 0 Å². The van der Waals surface area contributed by atoms with Gasteiger partial charge in [-0.25, -0.2) is 4.79 Å². The Morgan fingerprint density at radius 2 is 1.89 bits per heavy atom. The number of amides is 1. The lowest BCUT2D eigenvalue weighted by Crippen LogP contribution is -2.45. The molecule has 158 valence electrons. The summed E-state index contributed by atoms with van der Waals surface area (Å²) in [7, 11) is 1.94. The molecule has 0 atom stereocenters. The first kappa shape index (κ1) is 22.2. The second-order valence-corrected chi connectivity index (χ2v) is 7.89. The molecule has 1 aliphatic carbocycles. The van der Waals surface area contributed by atoms with E-state index in [1.165, 1.54) is 35.2 Å². The van der Waals surface area contributed by atoms with E-state index in [1.807, 2.05) is 25.8 Å². The first-order chi connectivity index (χ1) is 13.4. The molecule has 1 amide bonds. The summed E-state index contributed by atoms with van der Waals surface area (Å²) in [5.41, 5.74) is 5.15. The third-order valence-corrected chi connectivity index (χ3v) is 5.42. The standard InChI is InChI=1S/C20H35N5O3/c1-4-6-12-24(16(26)14-23(3)13-15-9-7-8-10-15)17-18(21)25(11-5-2)20(28)22-19(17)27/h15H,4-14,21H2,1-3H3,(H,22,27,28). The smallest absolute Gasteiger partial charge is 0.330 e. The molecule has 1 saturated carbocycles. The fraction of sp³-hybridized carbons (Fsp3) is 0.750. The lowest BCUT2D eigenvalue weighted by molar-refractivity contribution is -0.119. The summed E-state index contributed by atoms with van der Waals surface area (Å²) in [6, 6.07) is 0. The summed E-state index contributed by atoms with van der Waals surface area (Å²) in [5.74, 6) is 0.549. The van der Waals surface area contributed by atoms with Crippen LogP contribution in [0.25, 0.3) is 0 Å². The van der Waals surface area contributed by atoms with Gasteiger partial charge in [0.1, 0.15) is 5.82 Å². The van der Waals surface area contributed by atoms with Gasteiger partial charge in [0.2, 0.25) is 5.91 Å². The van der Waals surface area contributed by atoms with E-state index < -0.39 is 11.2 Å². The normalized spacial score (nSPS) is 14.7. The molecule has 1 heterocycles. The van der Waals surface area contributed by atoms with Crippen molar-refractivity contribution in [2.24, 2.45) is 5.92 Å². The second kappa shape index (κ2) is 10.5. The van der Waals surface area contributed by atoms with Crippen molar-refractivity contribution in [3.05, 3.63) is 20.8 Å². The number of unbranched alkanes of at least 4 members (excludes halogenated alkanes) is 1. The maximum atomic E-state index is 13.1. The average Bonchev–Trinajstić information content (AvgIpc) is 3.13. The van der Waals surface area contributed by atoms with Crippen molar-refractivity contribution in [1.29, 1.82) is 0 Å². The maximum absolute atomic E-state index is 13.1. The number of aromatic amines is 1. The van der Waals surface area contributed by atoms with E-state index in [1.54, 1.807) is 0 Å². The summed E-state index contributed by atoms with van der Waals surface area (Å²) in [4.78, 5) is 43.5. The highest BCUT2D eigenvalue weighted by molar-refractivity contribution is 5.96. The number of nitrogens with zero attached hydrogens (tertiary/aromatic N) is 3. The molecule has 0 saturated heterocycles. The maximum Gasteiger partial charge on any atom is 0.330 e. The Kier molecular flexibility index (Phi) is 8.29. The number of rotatable bonds is 10. The summed E-state index contributed by atoms with van der Waals surface area (Å²) >= 11 is 0. The summed E-state index contributed by atoms with van der Waals surface area (Å²) < 4.78 is 1.34. The van der Waals surface area contributed by atoms with Gasteiger partial charge >= 0.3 is 5.69 Å². The highest BCUT2D eigenvalue weighted by atomic mass is 16.2. The van der Waals surface area contributed by atoms with Crippen LogP contribution in [0.2, 0.25) is 0 Å². The Balaban J connectivity index is 2.27. The average molecular weight is 394 g/mol. The number of anilines is 2. The molecular formula is C20H35N5O3. The number of nitrogens with one attached hydrogen (secondary N) is 1. The molecule has 1 fully saturated rings. The van der Waals surface area contributed by atoms with Crippen LogP contribution in [0.1, 0.15) is 58.8 Å². The molecule has 0 aliphatic heterocycles. The van der Waals surface area contributed by atoms with Crippen LogP contribution in [0.3, 0.4) is 0 Å². The fourth-order valence-corrected chi connectivity index (χ4v) is 3.98. The van der Waals surface area contributed by atoms with Crippen molar-refractivity contribution in [3.8, 4) is 0 Å². The minimum atomic E-state index is -0.599. The molecule has 0 aromatic carbocycles.